The van der Waals surface area contributed by atoms with Crippen LogP contribution in [0.5, 0.6) is 0 Å². The fourth-order valence-corrected chi connectivity index (χ4v) is 2.53. The molecule has 5 heteroatoms. The van der Waals surface area contributed by atoms with Gasteiger partial charge in [-0.1, -0.05) is 30.3 Å². The van der Waals surface area contributed by atoms with Crippen molar-refractivity contribution in [1.82, 2.24) is 4.98 Å². The molecule has 3 aromatic rings. The van der Waals surface area contributed by atoms with Gasteiger partial charge in [0.25, 0.3) is 5.91 Å². The minimum absolute atomic E-state index is 0.308. The van der Waals surface area contributed by atoms with Gasteiger partial charge >= 0.3 is 0 Å². The zero-order valence-electron chi connectivity index (χ0n) is 14.4. The van der Waals surface area contributed by atoms with E-state index in [2.05, 4.69) is 34.7 Å². The van der Waals surface area contributed by atoms with Crippen LogP contribution < -0.4 is 10.6 Å². The second-order valence-electron chi connectivity index (χ2n) is 5.86. The number of anilines is 2. The van der Waals surface area contributed by atoms with Gasteiger partial charge in [0.15, 0.2) is 0 Å². The summed E-state index contributed by atoms with van der Waals surface area (Å²) in [6.07, 6.45) is 1.60. The van der Waals surface area contributed by atoms with Gasteiger partial charge in [-0.3, -0.25) is 9.78 Å². The second-order valence-corrected chi connectivity index (χ2v) is 5.86. The standard InChI is InChI=1S/C21H18N4O/c1-15-5-2-3-7-17(15)14-24-18-9-10-23-20(12-18)21(26)25-19-8-4-6-16(11-19)13-22/h2-12H,14H2,1H3,(H,23,24)(H,25,26). The van der Waals surface area contributed by atoms with Gasteiger partial charge in [0.2, 0.25) is 0 Å². The Morgan fingerprint density at radius 3 is 2.73 bits per heavy atom. The number of rotatable bonds is 5. The molecule has 2 aromatic carbocycles. The van der Waals surface area contributed by atoms with Crippen molar-refractivity contribution in [1.29, 1.82) is 5.26 Å². The average Bonchev–Trinajstić information content (AvgIpc) is 2.68. The van der Waals surface area contributed by atoms with Gasteiger partial charge in [-0.25, -0.2) is 0 Å². The maximum Gasteiger partial charge on any atom is 0.274 e. The van der Waals surface area contributed by atoms with E-state index < -0.39 is 0 Å². The van der Waals surface area contributed by atoms with Crippen LogP contribution >= 0.6 is 0 Å². The number of carbonyl (C=O) groups excluding carboxylic acids is 1. The molecule has 0 aliphatic rings. The van der Waals surface area contributed by atoms with Crippen LogP contribution in [0, 0.1) is 18.3 Å². The molecule has 0 radical (unpaired) electrons. The molecule has 1 heterocycles. The van der Waals surface area contributed by atoms with Crippen molar-refractivity contribution in [3.05, 3.63) is 89.2 Å². The van der Waals surface area contributed by atoms with Crippen molar-refractivity contribution in [2.75, 3.05) is 10.6 Å². The molecule has 0 bridgehead atoms. The maximum absolute atomic E-state index is 12.4. The van der Waals surface area contributed by atoms with Crippen molar-refractivity contribution in [3.63, 3.8) is 0 Å². The summed E-state index contributed by atoms with van der Waals surface area (Å²) >= 11 is 0. The lowest BCUT2D eigenvalue weighted by Crippen LogP contribution is -2.14. The first-order valence-electron chi connectivity index (χ1n) is 8.21. The third kappa shape index (κ3) is 4.25. The molecular weight excluding hydrogens is 324 g/mol. The second kappa shape index (κ2) is 7.95. The molecule has 0 fully saturated rings. The summed E-state index contributed by atoms with van der Waals surface area (Å²) in [5.41, 5.74) is 4.59. The lowest BCUT2D eigenvalue weighted by Gasteiger charge is -2.10. The van der Waals surface area contributed by atoms with E-state index in [1.54, 1.807) is 36.5 Å². The number of hydrogen-bond acceptors (Lipinski definition) is 4. The normalized spacial score (nSPS) is 10.0. The van der Waals surface area contributed by atoms with Crippen LogP contribution in [0.3, 0.4) is 0 Å². The third-order valence-corrected chi connectivity index (χ3v) is 3.99. The Morgan fingerprint density at radius 1 is 1.08 bits per heavy atom. The van der Waals surface area contributed by atoms with Crippen LogP contribution in [0.1, 0.15) is 27.2 Å². The van der Waals surface area contributed by atoms with Gasteiger partial charge in [0.1, 0.15) is 5.69 Å². The first kappa shape index (κ1) is 17.2. The molecule has 0 aliphatic heterocycles. The Labute approximate surface area is 152 Å². The summed E-state index contributed by atoms with van der Waals surface area (Å²) < 4.78 is 0. The van der Waals surface area contributed by atoms with Gasteiger partial charge in [0.05, 0.1) is 11.6 Å². The predicted octanol–water partition coefficient (Wildman–Crippen LogP) is 4.13. The molecule has 0 saturated carbocycles. The summed E-state index contributed by atoms with van der Waals surface area (Å²) in [6.45, 7) is 2.74. The molecule has 5 nitrogen and oxygen atoms in total. The number of nitrogens with one attached hydrogen (secondary N) is 2. The Balaban J connectivity index is 1.69. The first-order chi connectivity index (χ1) is 12.7. The van der Waals surface area contributed by atoms with E-state index in [9.17, 15) is 4.79 Å². The van der Waals surface area contributed by atoms with E-state index in [4.69, 9.17) is 5.26 Å². The molecule has 0 spiro atoms. The molecule has 0 unspecified atom stereocenters. The summed E-state index contributed by atoms with van der Waals surface area (Å²) in [5, 5.41) is 15.0. The molecule has 0 aliphatic carbocycles. The van der Waals surface area contributed by atoms with E-state index >= 15 is 0 Å². The van der Waals surface area contributed by atoms with Crippen LogP contribution in [0.2, 0.25) is 0 Å². The molecule has 0 atom stereocenters. The highest BCUT2D eigenvalue weighted by Gasteiger charge is 2.09. The number of aromatic nitrogens is 1. The first-order valence-corrected chi connectivity index (χ1v) is 8.21. The number of hydrogen-bond donors (Lipinski definition) is 2. The number of amides is 1. The Kier molecular flexibility index (Phi) is 5.25. The highest BCUT2D eigenvalue weighted by atomic mass is 16.1. The lowest BCUT2D eigenvalue weighted by atomic mass is 10.1. The Morgan fingerprint density at radius 2 is 1.92 bits per heavy atom. The van der Waals surface area contributed by atoms with Gasteiger partial charge in [-0.15, -0.1) is 0 Å². The molecule has 3 rings (SSSR count). The molecule has 0 saturated heterocycles. The van der Waals surface area contributed by atoms with Crippen molar-refractivity contribution in [3.8, 4) is 6.07 Å². The summed E-state index contributed by atoms with van der Waals surface area (Å²) in [5.74, 6) is -0.320. The number of nitrogens with zero attached hydrogens (tertiary/aromatic N) is 2. The van der Waals surface area contributed by atoms with Crippen molar-refractivity contribution >= 4 is 17.3 Å². The number of nitriles is 1. The summed E-state index contributed by atoms with van der Waals surface area (Å²) in [7, 11) is 0. The predicted molar refractivity (Wildman–Crippen MR) is 102 cm³/mol. The van der Waals surface area contributed by atoms with Gasteiger partial charge in [0, 0.05) is 24.1 Å². The molecule has 2 N–H and O–H groups in total. The summed E-state index contributed by atoms with van der Waals surface area (Å²) in [4.78, 5) is 16.5. The van der Waals surface area contributed by atoms with Gasteiger partial charge < -0.3 is 10.6 Å². The van der Waals surface area contributed by atoms with E-state index in [-0.39, 0.29) is 5.91 Å². The van der Waals surface area contributed by atoms with Gasteiger partial charge in [-0.05, 0) is 48.4 Å². The number of benzene rings is 2. The van der Waals surface area contributed by atoms with Crippen LogP contribution in [0.25, 0.3) is 0 Å². The number of aryl methyl sites for hydroxylation is 1. The largest absolute Gasteiger partial charge is 0.381 e. The molecule has 128 valence electrons. The molecule has 1 aromatic heterocycles. The maximum atomic E-state index is 12.4. The SMILES string of the molecule is Cc1ccccc1CNc1ccnc(C(=O)Nc2cccc(C#N)c2)c1. The van der Waals surface area contributed by atoms with Crippen molar-refractivity contribution in [2.45, 2.75) is 13.5 Å². The number of carbonyl (C=O) groups is 1. The summed E-state index contributed by atoms with van der Waals surface area (Å²) in [6, 6.07) is 20.5. The lowest BCUT2D eigenvalue weighted by molar-refractivity contribution is 0.102. The highest BCUT2D eigenvalue weighted by Crippen LogP contribution is 2.15. The van der Waals surface area contributed by atoms with Crippen molar-refractivity contribution < 1.29 is 4.79 Å². The van der Waals surface area contributed by atoms with Crippen LogP contribution in [-0.2, 0) is 6.54 Å². The van der Waals surface area contributed by atoms with E-state index in [0.29, 0.717) is 23.5 Å². The topological polar surface area (TPSA) is 77.8 Å². The van der Waals surface area contributed by atoms with Crippen LogP contribution in [0.4, 0.5) is 11.4 Å². The zero-order chi connectivity index (χ0) is 18.4. The monoisotopic (exact) mass is 342 g/mol. The number of pyridine rings is 1. The molecule has 26 heavy (non-hydrogen) atoms. The van der Waals surface area contributed by atoms with Crippen LogP contribution in [-0.4, -0.2) is 10.9 Å². The fourth-order valence-electron chi connectivity index (χ4n) is 2.53. The fraction of sp³-hybridized carbons (Fsp3) is 0.0952. The van der Waals surface area contributed by atoms with Crippen LogP contribution in [0.15, 0.2) is 66.9 Å². The molecule has 1 amide bonds. The molecular formula is C21H18N4O. The van der Waals surface area contributed by atoms with E-state index in [1.165, 1.54) is 11.1 Å². The smallest absolute Gasteiger partial charge is 0.274 e. The van der Waals surface area contributed by atoms with Gasteiger partial charge in [-0.2, -0.15) is 5.26 Å². The third-order valence-electron chi connectivity index (χ3n) is 3.99. The average molecular weight is 342 g/mol. The van der Waals surface area contributed by atoms with E-state index in [0.717, 1.165) is 5.69 Å². The minimum atomic E-state index is -0.320. The highest BCUT2D eigenvalue weighted by molar-refractivity contribution is 6.03. The van der Waals surface area contributed by atoms with Crippen molar-refractivity contribution in [2.24, 2.45) is 0 Å². The Hall–Kier alpha value is -3.65. The quantitative estimate of drug-likeness (QED) is 0.731. The minimum Gasteiger partial charge on any atom is -0.381 e. The Bertz CT molecular complexity index is 975. The van der Waals surface area contributed by atoms with E-state index in [1.807, 2.05) is 24.3 Å². The zero-order valence-corrected chi connectivity index (χ0v) is 14.4.